The Morgan fingerprint density at radius 2 is 1.45 bits per heavy atom. The first-order chi connectivity index (χ1) is 26.0. The van der Waals surface area contributed by atoms with Crippen LogP contribution in [0.2, 0.25) is 0 Å². The Labute approximate surface area is 315 Å². The van der Waals surface area contributed by atoms with E-state index in [0.717, 1.165) is 0 Å². The normalized spacial score (nSPS) is 53.4. The number of quaternary nitrogens is 1. The van der Waals surface area contributed by atoms with Gasteiger partial charge in [-0.05, 0) is 43.9 Å². The van der Waals surface area contributed by atoms with E-state index < -0.39 is 121 Å². The van der Waals surface area contributed by atoms with Gasteiger partial charge in [0.15, 0.2) is 11.9 Å². The zero-order chi connectivity index (χ0) is 39.7. The number of carboxylic acids is 1. The van der Waals surface area contributed by atoms with Crippen LogP contribution in [0.5, 0.6) is 0 Å². The van der Waals surface area contributed by atoms with E-state index in [1.807, 2.05) is 5.32 Å². The third-order valence-electron chi connectivity index (χ3n) is 13.4. The standard InChI is InChI=1S/C35H54N2O18/c36-20-4-2-12(10-37-20)13-5-6-35(31(47)27(45)26(44)30(55-35)33(50)53-34-28(46)24(42)25(43)29(52-34)32(48)49)54-19-9-18-22(23(41)21(13)19)16(40)8-17(51-18)11-1-3-14(38)15(39)7-11/h11-15,17-31,34,37-39,41-47H,1-10,36H2,(H,48,49)/t11?,12?,13-,14?,15?,17?,18?,19?,20?,21?,22?,23?,24-,25-,26-,27-,28+,29-,30-,31+,34-,35-/m0/s1. The Morgan fingerprint density at radius 3 is 2.13 bits per heavy atom. The summed E-state index contributed by atoms with van der Waals surface area (Å²) in [6.45, 7) is 0.585. The molecule has 1 spiro atoms. The largest absolute Gasteiger partial charge is 0.547 e. The molecule has 22 atom stereocenters. The number of ether oxygens (including phenoxy) is 5. The van der Waals surface area contributed by atoms with Crippen molar-refractivity contribution in [1.82, 2.24) is 0 Å². The summed E-state index contributed by atoms with van der Waals surface area (Å²) in [5, 5.41) is 110. The van der Waals surface area contributed by atoms with E-state index >= 15 is 0 Å². The van der Waals surface area contributed by atoms with Gasteiger partial charge in [0.05, 0.1) is 55.1 Å². The lowest BCUT2D eigenvalue weighted by Crippen LogP contribution is -2.95. The molecular weight excluding hydrogens is 736 g/mol. The summed E-state index contributed by atoms with van der Waals surface area (Å²) in [6, 6.07) is 0. The molecule has 11 unspecified atom stereocenters. The van der Waals surface area contributed by atoms with Gasteiger partial charge in [-0.2, -0.15) is 0 Å². The fraction of sp³-hybridized carbons (Fsp3) is 0.914. The highest BCUT2D eigenvalue weighted by molar-refractivity contribution is 5.83. The first-order valence-electron chi connectivity index (χ1n) is 19.3. The first kappa shape index (κ1) is 41.2. The lowest BCUT2D eigenvalue weighted by molar-refractivity contribution is -0.704. The predicted octanol–water partition coefficient (Wildman–Crippen LogP) is -7.44. The molecule has 5 saturated heterocycles. The minimum absolute atomic E-state index is 0.0133. The summed E-state index contributed by atoms with van der Waals surface area (Å²) in [7, 11) is 0. The van der Waals surface area contributed by atoms with Gasteiger partial charge in [-0.25, -0.2) is 4.79 Å². The molecule has 0 radical (unpaired) electrons. The second-order valence-corrected chi connectivity index (χ2v) is 16.7. The van der Waals surface area contributed by atoms with Crippen molar-refractivity contribution in [3.05, 3.63) is 0 Å². The molecule has 0 aromatic rings. The summed E-state index contributed by atoms with van der Waals surface area (Å²) in [5.41, 5.74) is 6.18. The molecule has 0 aromatic heterocycles. The Morgan fingerprint density at radius 1 is 0.745 bits per heavy atom. The van der Waals surface area contributed by atoms with Crippen LogP contribution in [0.4, 0.5) is 0 Å². The molecule has 20 nitrogen and oxygen atoms in total. The van der Waals surface area contributed by atoms with Crippen LogP contribution in [0.1, 0.15) is 57.8 Å². The van der Waals surface area contributed by atoms with Crippen LogP contribution >= 0.6 is 0 Å². The maximum Gasteiger partial charge on any atom is 0.340 e. The number of aliphatic hydroxyl groups excluding tert-OH is 9. The molecule has 7 rings (SSSR count). The van der Waals surface area contributed by atoms with Gasteiger partial charge in [0.2, 0.25) is 6.29 Å². The van der Waals surface area contributed by atoms with Crippen LogP contribution in [0, 0.1) is 29.6 Å². The highest BCUT2D eigenvalue weighted by Crippen LogP contribution is 2.52. The zero-order valence-corrected chi connectivity index (χ0v) is 30.0. The quantitative estimate of drug-likeness (QED) is 0.115. The number of aliphatic carboxylic acids is 1. The number of nitrogens with two attached hydrogens (primary N) is 2. The molecule has 5 aliphatic heterocycles. The fourth-order valence-electron chi connectivity index (χ4n) is 10.4. The molecule has 2 saturated carbocycles. The van der Waals surface area contributed by atoms with E-state index in [-0.39, 0.29) is 61.8 Å². The lowest BCUT2D eigenvalue weighted by atomic mass is 9.62. The average Bonchev–Trinajstić information content (AvgIpc) is 3.31. The van der Waals surface area contributed by atoms with Crippen molar-refractivity contribution in [2.75, 3.05) is 6.54 Å². The van der Waals surface area contributed by atoms with Gasteiger partial charge in [0.25, 0.3) is 0 Å². The van der Waals surface area contributed by atoms with E-state index in [0.29, 0.717) is 32.2 Å². The van der Waals surface area contributed by atoms with Crippen molar-refractivity contribution < 1.29 is 94.4 Å². The summed E-state index contributed by atoms with van der Waals surface area (Å²) in [5.74, 6) is -8.17. The molecular formula is C35H54N2O18. The number of fused-ring (bicyclic) bond motifs is 2. The van der Waals surface area contributed by atoms with Crippen LogP contribution in [0.3, 0.4) is 0 Å². The van der Waals surface area contributed by atoms with Crippen LogP contribution < -0.4 is 16.2 Å². The predicted molar refractivity (Wildman–Crippen MR) is 174 cm³/mol. The summed E-state index contributed by atoms with van der Waals surface area (Å²) >= 11 is 0. The van der Waals surface area contributed by atoms with Crippen molar-refractivity contribution in [2.45, 2.75) is 161 Å². The number of piperidine rings is 1. The highest BCUT2D eigenvalue weighted by Gasteiger charge is 2.64. The molecule has 0 amide bonds. The van der Waals surface area contributed by atoms with E-state index in [9.17, 15) is 65.4 Å². The van der Waals surface area contributed by atoms with Crippen LogP contribution in [0.15, 0.2) is 0 Å². The molecule has 20 heteroatoms. The minimum Gasteiger partial charge on any atom is -0.547 e. The Balaban J connectivity index is 1.17. The topological polar surface area (TPSA) is 345 Å². The van der Waals surface area contributed by atoms with Gasteiger partial charge in [-0.15, -0.1) is 0 Å². The number of esters is 1. The smallest absolute Gasteiger partial charge is 0.340 e. The molecule has 0 aromatic carbocycles. The number of hydrogen-bond acceptors (Lipinski definition) is 19. The molecule has 13 N–H and O–H groups in total. The molecule has 7 aliphatic rings. The minimum atomic E-state index is -2.22. The molecule has 0 bridgehead atoms. The van der Waals surface area contributed by atoms with Crippen LogP contribution in [0.25, 0.3) is 0 Å². The molecule has 55 heavy (non-hydrogen) atoms. The Kier molecular flexibility index (Phi) is 12.0. The number of carbonyl (C=O) groups excluding carboxylic acids is 3. The van der Waals surface area contributed by atoms with Gasteiger partial charge in [0, 0.05) is 37.5 Å². The summed E-state index contributed by atoms with van der Waals surface area (Å²) in [6.07, 6.45) is -22.5. The third kappa shape index (κ3) is 7.58. The third-order valence-corrected chi connectivity index (χ3v) is 13.4. The van der Waals surface area contributed by atoms with Crippen molar-refractivity contribution in [3.63, 3.8) is 0 Å². The van der Waals surface area contributed by atoms with Gasteiger partial charge in [-0.1, -0.05) is 0 Å². The fourth-order valence-corrected chi connectivity index (χ4v) is 10.4. The number of Topliss-reactive ketones (excluding diaryl/α,β-unsaturated/α-hetero) is 1. The van der Waals surface area contributed by atoms with E-state index in [1.54, 1.807) is 0 Å². The number of carbonyl (C=O) groups is 3. The highest BCUT2D eigenvalue weighted by atomic mass is 16.8. The maximum absolute atomic E-state index is 13.9. The molecule has 2 aliphatic carbocycles. The Hall–Kier alpha value is -1.99. The van der Waals surface area contributed by atoms with Crippen molar-refractivity contribution in [3.8, 4) is 0 Å². The van der Waals surface area contributed by atoms with E-state index in [4.69, 9.17) is 29.4 Å². The average molecular weight is 791 g/mol. The number of rotatable bonds is 5. The van der Waals surface area contributed by atoms with Gasteiger partial charge < -0.3 is 84.9 Å². The van der Waals surface area contributed by atoms with E-state index in [1.165, 1.54) is 0 Å². The molecule has 312 valence electrons. The number of hydrogen-bond donors (Lipinski definition) is 11. The van der Waals surface area contributed by atoms with Gasteiger partial charge in [0.1, 0.15) is 54.7 Å². The van der Waals surface area contributed by atoms with E-state index in [2.05, 4.69) is 0 Å². The van der Waals surface area contributed by atoms with Crippen LogP contribution in [-0.2, 0) is 38.1 Å². The van der Waals surface area contributed by atoms with Gasteiger partial charge >= 0.3 is 5.97 Å². The maximum atomic E-state index is 13.9. The first-order valence-corrected chi connectivity index (χ1v) is 19.3. The summed E-state index contributed by atoms with van der Waals surface area (Å²) < 4.78 is 29.3. The SMILES string of the molecule is NC1CCC([C@@H]2CC[C@]3(OC4CC5OC(C6CCC(O)C(O)C6)CC(=O)C5C(O)C42)O[C@H](C(=O)O[C@@H]2O[C@H](C(=O)[O-])[C@@H](O)[C@H](O)[C@H]2O)[C@@H](O)[C@H](O)[C@H]3O)C[NH2+]1. The lowest BCUT2D eigenvalue weighted by Gasteiger charge is -2.53. The Bertz CT molecular complexity index is 1420. The van der Waals surface area contributed by atoms with Gasteiger partial charge in [-0.3, -0.25) is 10.5 Å². The zero-order valence-electron chi connectivity index (χ0n) is 30.0. The number of carboxylic acid groups (broad SMARTS) is 1. The molecule has 5 heterocycles. The van der Waals surface area contributed by atoms with Crippen molar-refractivity contribution in [1.29, 1.82) is 0 Å². The second-order valence-electron chi connectivity index (χ2n) is 16.7. The van der Waals surface area contributed by atoms with Crippen molar-refractivity contribution >= 4 is 17.7 Å². The van der Waals surface area contributed by atoms with Crippen LogP contribution in [-0.4, -0.2) is 174 Å². The second kappa shape index (κ2) is 16.0. The van der Waals surface area contributed by atoms with Crippen molar-refractivity contribution in [2.24, 2.45) is 35.3 Å². The summed E-state index contributed by atoms with van der Waals surface area (Å²) in [4.78, 5) is 38.9. The monoisotopic (exact) mass is 790 g/mol. The number of ketones is 1. The molecule has 7 fully saturated rings. The number of aliphatic hydroxyl groups is 9.